The minimum absolute atomic E-state index is 0.230. The number of nitrogens with one attached hydrogen (secondary N) is 1. The molecule has 0 saturated carbocycles. The number of pyridine rings is 1. The van der Waals surface area contributed by atoms with Crippen LogP contribution in [0.4, 0.5) is 0 Å². The number of nitrogens with zero attached hydrogens (tertiary/aromatic N) is 4. The lowest BCUT2D eigenvalue weighted by Gasteiger charge is -2.04. The number of hydrogen-bond acceptors (Lipinski definition) is 5. The van der Waals surface area contributed by atoms with Crippen molar-refractivity contribution in [3.05, 3.63) is 41.7 Å². The van der Waals surface area contributed by atoms with Crippen LogP contribution in [0.15, 0.2) is 24.8 Å². The fraction of sp³-hybridized carbons (Fsp3) is 0.231. The number of rotatable bonds is 3. The van der Waals surface area contributed by atoms with Gasteiger partial charge in [-0.25, -0.2) is 4.98 Å². The zero-order valence-electron chi connectivity index (χ0n) is 11.0. The highest BCUT2D eigenvalue weighted by Gasteiger charge is 2.10. The zero-order chi connectivity index (χ0) is 14.4. The molecule has 0 aromatic carbocycles. The Labute approximate surface area is 116 Å². The lowest BCUT2D eigenvalue weighted by atomic mass is 10.1. The van der Waals surface area contributed by atoms with E-state index in [9.17, 15) is 4.79 Å². The molecule has 0 bridgehead atoms. The van der Waals surface area contributed by atoms with Crippen molar-refractivity contribution in [2.45, 2.75) is 6.54 Å². The lowest BCUT2D eigenvalue weighted by Crippen LogP contribution is -2.24. The number of nitrogens with two attached hydrogens (primary N) is 1. The molecule has 0 unspecified atom stereocenters. The number of amides is 1. The summed E-state index contributed by atoms with van der Waals surface area (Å²) in [5, 5.41) is 6.82. The van der Waals surface area contributed by atoms with Crippen LogP contribution in [0.25, 0.3) is 0 Å². The van der Waals surface area contributed by atoms with Gasteiger partial charge in [-0.1, -0.05) is 11.8 Å². The normalized spacial score (nSPS) is 9.70. The van der Waals surface area contributed by atoms with E-state index < -0.39 is 0 Å². The van der Waals surface area contributed by atoms with Crippen LogP contribution in [-0.2, 0) is 13.6 Å². The molecule has 0 atom stereocenters. The van der Waals surface area contributed by atoms with Crippen molar-refractivity contribution in [2.24, 2.45) is 12.8 Å². The first kappa shape index (κ1) is 13.7. The predicted molar refractivity (Wildman–Crippen MR) is 72.3 cm³/mol. The van der Waals surface area contributed by atoms with E-state index in [1.807, 2.05) is 0 Å². The van der Waals surface area contributed by atoms with Gasteiger partial charge in [-0.05, 0) is 6.07 Å². The Bertz CT molecular complexity index is 667. The first-order valence-corrected chi connectivity index (χ1v) is 5.96. The first-order chi connectivity index (χ1) is 9.70. The molecule has 3 N–H and O–H groups in total. The van der Waals surface area contributed by atoms with Gasteiger partial charge in [-0.3, -0.25) is 14.5 Å². The van der Waals surface area contributed by atoms with Crippen LogP contribution in [0.5, 0.6) is 0 Å². The summed E-state index contributed by atoms with van der Waals surface area (Å²) in [5.74, 6) is 5.83. The molecule has 0 fully saturated rings. The molecule has 0 radical (unpaired) electrons. The summed E-state index contributed by atoms with van der Waals surface area (Å²) < 4.78 is 1.58. The van der Waals surface area contributed by atoms with Crippen molar-refractivity contribution in [1.29, 1.82) is 0 Å². The number of hydrogen-bond donors (Lipinski definition) is 2. The van der Waals surface area contributed by atoms with E-state index in [0.29, 0.717) is 17.0 Å². The standard InChI is InChI=1S/C13H14N6O/c1-19-9-17-12(18-19)8-16-13(20)11-4-6-15-7-10(11)3-2-5-14/h4,6-7,9H,5,8,14H2,1H3,(H,16,20). The fourth-order valence-electron chi connectivity index (χ4n) is 1.56. The van der Waals surface area contributed by atoms with Crippen LogP contribution in [0.1, 0.15) is 21.7 Å². The summed E-state index contributed by atoms with van der Waals surface area (Å²) in [7, 11) is 1.77. The van der Waals surface area contributed by atoms with E-state index in [1.165, 1.54) is 6.20 Å². The van der Waals surface area contributed by atoms with Gasteiger partial charge in [0.15, 0.2) is 5.82 Å². The van der Waals surface area contributed by atoms with Crippen molar-refractivity contribution in [3.8, 4) is 11.8 Å². The quantitative estimate of drug-likeness (QED) is 0.729. The Morgan fingerprint density at radius 1 is 1.55 bits per heavy atom. The van der Waals surface area contributed by atoms with E-state index in [-0.39, 0.29) is 19.0 Å². The second kappa shape index (κ2) is 6.45. The molecule has 0 aliphatic rings. The van der Waals surface area contributed by atoms with Gasteiger partial charge in [0.05, 0.1) is 24.2 Å². The smallest absolute Gasteiger partial charge is 0.253 e. The summed E-state index contributed by atoms with van der Waals surface area (Å²) >= 11 is 0. The Balaban J connectivity index is 2.09. The van der Waals surface area contributed by atoms with Gasteiger partial charge in [0.1, 0.15) is 6.33 Å². The second-order valence-electron chi connectivity index (χ2n) is 3.94. The van der Waals surface area contributed by atoms with Crippen LogP contribution in [0.2, 0.25) is 0 Å². The predicted octanol–water partition coefficient (Wildman–Crippen LogP) is -0.550. The van der Waals surface area contributed by atoms with Crippen molar-refractivity contribution < 1.29 is 4.79 Å². The molecule has 0 spiro atoms. The van der Waals surface area contributed by atoms with Crippen molar-refractivity contribution in [3.63, 3.8) is 0 Å². The molecule has 0 saturated heterocycles. The molecule has 0 aliphatic heterocycles. The Morgan fingerprint density at radius 2 is 2.40 bits per heavy atom. The number of aromatic nitrogens is 4. The fourth-order valence-corrected chi connectivity index (χ4v) is 1.56. The van der Waals surface area contributed by atoms with Gasteiger partial charge < -0.3 is 11.1 Å². The maximum atomic E-state index is 12.1. The van der Waals surface area contributed by atoms with Gasteiger partial charge >= 0.3 is 0 Å². The van der Waals surface area contributed by atoms with Crippen molar-refractivity contribution in [1.82, 2.24) is 25.1 Å². The van der Waals surface area contributed by atoms with E-state index in [2.05, 4.69) is 32.2 Å². The molecule has 7 heteroatoms. The van der Waals surface area contributed by atoms with Crippen LogP contribution in [0.3, 0.4) is 0 Å². The molecule has 7 nitrogen and oxygen atoms in total. The van der Waals surface area contributed by atoms with Crippen LogP contribution >= 0.6 is 0 Å². The Morgan fingerprint density at radius 3 is 3.10 bits per heavy atom. The van der Waals surface area contributed by atoms with E-state index in [4.69, 9.17) is 5.73 Å². The highest BCUT2D eigenvalue weighted by Crippen LogP contribution is 2.05. The minimum Gasteiger partial charge on any atom is -0.345 e. The van der Waals surface area contributed by atoms with E-state index in [0.717, 1.165) is 0 Å². The number of carbonyl (C=O) groups excluding carboxylic acids is 1. The van der Waals surface area contributed by atoms with Crippen molar-refractivity contribution >= 4 is 5.91 Å². The summed E-state index contributed by atoms with van der Waals surface area (Å²) in [6.45, 7) is 0.486. The first-order valence-electron chi connectivity index (χ1n) is 5.96. The third kappa shape index (κ3) is 3.40. The highest BCUT2D eigenvalue weighted by atomic mass is 16.1. The maximum Gasteiger partial charge on any atom is 0.253 e. The zero-order valence-corrected chi connectivity index (χ0v) is 11.0. The summed E-state index contributed by atoms with van der Waals surface area (Å²) in [6.07, 6.45) is 4.66. The molecule has 2 rings (SSSR count). The van der Waals surface area contributed by atoms with Crippen LogP contribution in [-0.4, -0.2) is 32.2 Å². The van der Waals surface area contributed by atoms with Crippen LogP contribution in [0, 0.1) is 11.8 Å². The van der Waals surface area contributed by atoms with E-state index in [1.54, 1.807) is 30.3 Å². The third-order valence-electron chi connectivity index (χ3n) is 2.44. The van der Waals surface area contributed by atoms with Gasteiger partial charge in [-0.15, -0.1) is 0 Å². The number of carbonyl (C=O) groups is 1. The summed E-state index contributed by atoms with van der Waals surface area (Å²) in [5.41, 5.74) is 6.33. The van der Waals surface area contributed by atoms with Gasteiger partial charge in [0.25, 0.3) is 5.91 Å². The average Bonchev–Trinajstić information content (AvgIpc) is 2.88. The van der Waals surface area contributed by atoms with E-state index >= 15 is 0 Å². The summed E-state index contributed by atoms with van der Waals surface area (Å²) in [4.78, 5) is 20.1. The Hall–Kier alpha value is -2.72. The SMILES string of the molecule is Cn1cnc(CNC(=O)c2ccncc2C#CCN)n1. The molecule has 2 aromatic heterocycles. The topological polar surface area (TPSA) is 98.7 Å². The number of aryl methyl sites for hydroxylation is 1. The van der Waals surface area contributed by atoms with Gasteiger partial charge in [0.2, 0.25) is 0 Å². The largest absolute Gasteiger partial charge is 0.345 e. The molecule has 0 aliphatic carbocycles. The maximum absolute atomic E-state index is 12.1. The Kier molecular flexibility index (Phi) is 4.42. The molecule has 2 heterocycles. The highest BCUT2D eigenvalue weighted by molar-refractivity contribution is 5.96. The second-order valence-corrected chi connectivity index (χ2v) is 3.94. The van der Waals surface area contributed by atoms with Gasteiger partial charge in [0, 0.05) is 19.4 Å². The lowest BCUT2D eigenvalue weighted by molar-refractivity contribution is 0.0949. The van der Waals surface area contributed by atoms with Crippen molar-refractivity contribution in [2.75, 3.05) is 6.54 Å². The van der Waals surface area contributed by atoms with Crippen LogP contribution < -0.4 is 11.1 Å². The molecule has 102 valence electrons. The molecule has 2 aromatic rings. The molecular formula is C13H14N6O. The molecule has 20 heavy (non-hydrogen) atoms. The summed E-state index contributed by atoms with van der Waals surface area (Å²) in [6, 6.07) is 1.61. The monoisotopic (exact) mass is 270 g/mol. The minimum atomic E-state index is -0.249. The molecular weight excluding hydrogens is 256 g/mol. The molecule has 1 amide bonds. The third-order valence-corrected chi connectivity index (χ3v) is 2.44. The average molecular weight is 270 g/mol. The van der Waals surface area contributed by atoms with Gasteiger partial charge in [-0.2, -0.15) is 5.10 Å².